The Bertz CT molecular complexity index is 1170. The topological polar surface area (TPSA) is 63.0 Å². The first-order chi connectivity index (χ1) is 14.4. The van der Waals surface area contributed by atoms with E-state index in [1.54, 1.807) is 35.2 Å². The normalized spacial score (nSPS) is 15.8. The molecule has 156 valence electrons. The number of likely N-dealkylation sites (N-methyl/N-ethyl adjacent to an activating group) is 1. The van der Waals surface area contributed by atoms with Crippen LogP contribution in [-0.2, 0) is 0 Å². The molecule has 30 heavy (non-hydrogen) atoms. The number of carbonyl (C=O) groups excluding carboxylic acids is 1. The molecule has 4 rings (SSSR count). The molecule has 1 aromatic heterocycles. The van der Waals surface area contributed by atoms with Crippen LogP contribution in [0.15, 0.2) is 51.7 Å². The molecule has 2 heterocycles. The van der Waals surface area contributed by atoms with Crippen molar-refractivity contribution in [3.05, 3.63) is 74.6 Å². The molecule has 2 aromatic carbocycles. The minimum atomic E-state index is -0.543. The number of hydrogen-bond acceptors (Lipinski definition) is 5. The van der Waals surface area contributed by atoms with E-state index in [4.69, 9.17) is 20.8 Å². The standard InChI is InChI=1S/C23H23ClN2O4/c1-4-29-16-8-9-17-18(13-16)30-22-19(21(17)27)20(14-6-5-7-15(24)12-14)26(23(22)28)11-10-25(2)3/h5-9,12-13,20H,4,10-11H2,1-3H3. The first-order valence-corrected chi connectivity index (χ1v) is 10.2. The number of hydrogen-bond donors (Lipinski definition) is 0. The molecule has 6 nitrogen and oxygen atoms in total. The minimum Gasteiger partial charge on any atom is -0.494 e. The summed E-state index contributed by atoms with van der Waals surface area (Å²) in [7, 11) is 3.88. The molecule has 1 amide bonds. The second-order valence-corrected chi connectivity index (χ2v) is 7.96. The van der Waals surface area contributed by atoms with Gasteiger partial charge in [0, 0.05) is 24.2 Å². The number of fused-ring (bicyclic) bond motifs is 2. The Morgan fingerprint density at radius 3 is 2.67 bits per heavy atom. The molecule has 0 fully saturated rings. The van der Waals surface area contributed by atoms with Gasteiger partial charge in [-0.2, -0.15) is 0 Å². The first kappa shape index (κ1) is 20.4. The maximum absolute atomic E-state index is 13.5. The van der Waals surface area contributed by atoms with E-state index in [-0.39, 0.29) is 17.1 Å². The van der Waals surface area contributed by atoms with Crippen molar-refractivity contribution in [2.75, 3.05) is 33.8 Å². The van der Waals surface area contributed by atoms with Gasteiger partial charge >= 0.3 is 0 Å². The van der Waals surface area contributed by atoms with E-state index in [1.807, 2.05) is 38.1 Å². The lowest BCUT2D eigenvalue weighted by molar-refractivity contribution is 0.0716. The van der Waals surface area contributed by atoms with E-state index < -0.39 is 6.04 Å². The van der Waals surface area contributed by atoms with Gasteiger partial charge in [0.05, 0.1) is 23.6 Å². The molecule has 0 saturated heterocycles. The molecular weight excluding hydrogens is 404 g/mol. The van der Waals surface area contributed by atoms with Crippen LogP contribution in [0.5, 0.6) is 5.75 Å². The molecule has 0 bridgehead atoms. The van der Waals surface area contributed by atoms with Crippen molar-refractivity contribution in [2.24, 2.45) is 0 Å². The molecule has 0 aliphatic carbocycles. The van der Waals surface area contributed by atoms with E-state index in [1.165, 1.54) is 0 Å². The van der Waals surface area contributed by atoms with E-state index in [0.29, 0.717) is 47.0 Å². The predicted octanol–water partition coefficient (Wildman–Crippen LogP) is 3.95. The second-order valence-electron chi connectivity index (χ2n) is 7.52. The van der Waals surface area contributed by atoms with E-state index in [2.05, 4.69) is 0 Å². The molecule has 3 aromatic rings. The van der Waals surface area contributed by atoms with Crippen molar-refractivity contribution >= 4 is 28.5 Å². The van der Waals surface area contributed by atoms with Crippen LogP contribution in [-0.4, -0.2) is 49.5 Å². The quantitative estimate of drug-likeness (QED) is 0.597. The van der Waals surface area contributed by atoms with Crippen molar-refractivity contribution in [3.63, 3.8) is 0 Å². The van der Waals surface area contributed by atoms with Crippen LogP contribution >= 0.6 is 11.6 Å². The van der Waals surface area contributed by atoms with Crippen molar-refractivity contribution in [1.29, 1.82) is 0 Å². The van der Waals surface area contributed by atoms with Gasteiger partial charge in [-0.1, -0.05) is 23.7 Å². The third-order valence-corrected chi connectivity index (χ3v) is 5.44. The number of ether oxygens (including phenoxy) is 1. The van der Waals surface area contributed by atoms with Crippen LogP contribution in [0.4, 0.5) is 0 Å². The van der Waals surface area contributed by atoms with Gasteiger partial charge in [0.15, 0.2) is 5.43 Å². The lowest BCUT2D eigenvalue weighted by Gasteiger charge is -2.26. The van der Waals surface area contributed by atoms with E-state index >= 15 is 0 Å². The lowest BCUT2D eigenvalue weighted by atomic mass is 9.98. The Hall–Kier alpha value is -2.83. The summed E-state index contributed by atoms with van der Waals surface area (Å²) in [6.07, 6.45) is 0. The fourth-order valence-corrected chi connectivity index (χ4v) is 4.02. The smallest absolute Gasteiger partial charge is 0.290 e. The molecule has 0 saturated carbocycles. The van der Waals surface area contributed by atoms with Crippen molar-refractivity contribution in [2.45, 2.75) is 13.0 Å². The highest BCUT2D eigenvalue weighted by Crippen LogP contribution is 2.38. The largest absolute Gasteiger partial charge is 0.494 e. The fourth-order valence-electron chi connectivity index (χ4n) is 3.82. The number of carbonyl (C=O) groups is 1. The van der Waals surface area contributed by atoms with Gasteiger partial charge in [-0.25, -0.2) is 0 Å². The summed E-state index contributed by atoms with van der Waals surface area (Å²) < 4.78 is 11.5. The molecule has 0 spiro atoms. The van der Waals surface area contributed by atoms with Gasteiger partial charge in [0.2, 0.25) is 5.76 Å². The van der Waals surface area contributed by atoms with Crippen LogP contribution in [0.25, 0.3) is 11.0 Å². The summed E-state index contributed by atoms with van der Waals surface area (Å²) in [4.78, 5) is 30.4. The first-order valence-electron chi connectivity index (χ1n) is 9.85. The SMILES string of the molecule is CCOc1ccc2c(=O)c3c(oc2c1)C(=O)N(CCN(C)C)C3c1cccc(Cl)c1. The fraction of sp³-hybridized carbons (Fsp3) is 0.304. The summed E-state index contributed by atoms with van der Waals surface area (Å²) in [5.74, 6) is 0.386. The summed E-state index contributed by atoms with van der Waals surface area (Å²) in [6.45, 7) is 3.48. The third kappa shape index (κ3) is 3.57. The van der Waals surface area contributed by atoms with Gasteiger partial charge in [-0.15, -0.1) is 0 Å². The van der Waals surface area contributed by atoms with Gasteiger partial charge < -0.3 is 19.0 Å². The van der Waals surface area contributed by atoms with E-state index in [0.717, 1.165) is 5.56 Å². The van der Waals surface area contributed by atoms with Gasteiger partial charge in [-0.3, -0.25) is 9.59 Å². The average Bonchev–Trinajstić information content (AvgIpc) is 2.99. The number of nitrogens with zero attached hydrogens (tertiary/aromatic N) is 2. The summed E-state index contributed by atoms with van der Waals surface area (Å²) in [6, 6.07) is 11.8. The zero-order valence-electron chi connectivity index (χ0n) is 17.1. The van der Waals surface area contributed by atoms with Crippen LogP contribution in [0.2, 0.25) is 5.02 Å². The third-order valence-electron chi connectivity index (χ3n) is 5.20. The van der Waals surface area contributed by atoms with Gasteiger partial charge in [0.25, 0.3) is 5.91 Å². The van der Waals surface area contributed by atoms with Gasteiger partial charge in [-0.05, 0) is 50.8 Å². The van der Waals surface area contributed by atoms with Crippen molar-refractivity contribution in [3.8, 4) is 5.75 Å². The zero-order valence-corrected chi connectivity index (χ0v) is 17.9. The molecule has 0 N–H and O–H groups in total. The maximum Gasteiger partial charge on any atom is 0.290 e. The number of benzene rings is 2. The van der Waals surface area contributed by atoms with Crippen molar-refractivity contribution in [1.82, 2.24) is 9.80 Å². The monoisotopic (exact) mass is 426 g/mol. The number of halogens is 1. The van der Waals surface area contributed by atoms with E-state index in [9.17, 15) is 9.59 Å². The Morgan fingerprint density at radius 1 is 1.17 bits per heavy atom. The summed E-state index contributed by atoms with van der Waals surface area (Å²) in [5, 5.41) is 0.971. The molecule has 1 unspecified atom stereocenters. The molecular formula is C23H23ClN2O4. The number of amides is 1. The van der Waals surface area contributed by atoms with Crippen molar-refractivity contribution < 1.29 is 13.9 Å². The molecule has 1 atom stereocenters. The Kier molecular flexibility index (Phi) is 5.54. The Morgan fingerprint density at radius 2 is 1.97 bits per heavy atom. The van der Waals surface area contributed by atoms with Crippen LogP contribution in [0, 0.1) is 0 Å². The minimum absolute atomic E-state index is 0.0879. The maximum atomic E-state index is 13.5. The Balaban J connectivity index is 1.91. The molecule has 1 aliphatic heterocycles. The average molecular weight is 427 g/mol. The van der Waals surface area contributed by atoms with Crippen LogP contribution < -0.4 is 10.2 Å². The lowest BCUT2D eigenvalue weighted by Crippen LogP contribution is -2.35. The molecule has 1 aliphatic rings. The van der Waals surface area contributed by atoms with Gasteiger partial charge in [0.1, 0.15) is 11.3 Å². The number of rotatable bonds is 6. The van der Waals surface area contributed by atoms with Crippen LogP contribution in [0.1, 0.15) is 34.6 Å². The Labute approximate surface area is 179 Å². The highest BCUT2D eigenvalue weighted by Gasteiger charge is 2.42. The highest BCUT2D eigenvalue weighted by molar-refractivity contribution is 6.30. The molecule has 0 radical (unpaired) electrons. The highest BCUT2D eigenvalue weighted by atomic mass is 35.5. The summed E-state index contributed by atoms with van der Waals surface area (Å²) >= 11 is 6.22. The van der Waals surface area contributed by atoms with Crippen LogP contribution in [0.3, 0.4) is 0 Å². The zero-order chi connectivity index (χ0) is 21.4. The predicted molar refractivity (Wildman–Crippen MR) is 117 cm³/mol. The summed E-state index contributed by atoms with van der Waals surface area (Å²) in [5.41, 5.74) is 1.28. The second kappa shape index (κ2) is 8.13. The molecule has 7 heteroatoms.